The summed E-state index contributed by atoms with van der Waals surface area (Å²) in [7, 11) is 0. The van der Waals surface area contributed by atoms with Gasteiger partial charge in [-0.3, -0.25) is 10.1 Å². The molecule has 0 saturated heterocycles. The number of thiazole rings is 1. The van der Waals surface area contributed by atoms with E-state index in [1.807, 2.05) is 5.38 Å². The van der Waals surface area contributed by atoms with Crippen LogP contribution in [0.25, 0.3) is 11.3 Å². The van der Waals surface area contributed by atoms with E-state index in [9.17, 15) is 9.59 Å². The highest BCUT2D eigenvalue weighted by atomic mass is 32.2. The number of aryl methyl sites for hydroxylation is 3. The van der Waals surface area contributed by atoms with Crippen LogP contribution in [0.3, 0.4) is 0 Å². The number of nitrogens with one attached hydrogen (secondary N) is 2. The van der Waals surface area contributed by atoms with Crippen molar-refractivity contribution in [1.29, 1.82) is 0 Å². The molecule has 0 aliphatic heterocycles. The summed E-state index contributed by atoms with van der Waals surface area (Å²) in [5, 5.41) is 15.9. The lowest BCUT2D eigenvalue weighted by atomic mass is 9.99. The Kier molecular flexibility index (Phi) is 7.40. The van der Waals surface area contributed by atoms with Gasteiger partial charge in [0.1, 0.15) is 0 Å². The van der Waals surface area contributed by atoms with Crippen molar-refractivity contribution < 1.29 is 14.3 Å². The predicted molar refractivity (Wildman–Crippen MR) is 122 cm³/mol. The minimum absolute atomic E-state index is 0.158. The van der Waals surface area contributed by atoms with E-state index in [0.29, 0.717) is 14.6 Å². The van der Waals surface area contributed by atoms with Crippen molar-refractivity contribution in [3.8, 4) is 11.3 Å². The van der Waals surface area contributed by atoms with Gasteiger partial charge in [0.2, 0.25) is 11.0 Å². The average molecular weight is 464 g/mol. The van der Waals surface area contributed by atoms with Gasteiger partial charge in [0, 0.05) is 10.9 Å². The molecule has 2 amide bonds. The Morgan fingerprint density at radius 3 is 2.60 bits per heavy atom. The summed E-state index contributed by atoms with van der Waals surface area (Å²) >= 11 is 3.80. The van der Waals surface area contributed by atoms with Crippen LogP contribution < -0.4 is 10.6 Å². The van der Waals surface area contributed by atoms with Gasteiger partial charge in [-0.1, -0.05) is 29.2 Å². The Labute approximate surface area is 186 Å². The van der Waals surface area contributed by atoms with E-state index in [1.165, 1.54) is 45.6 Å². The number of carbonyl (C=O) groups excluding carboxylic acids is 2. The van der Waals surface area contributed by atoms with E-state index in [0.717, 1.165) is 16.8 Å². The number of thioether (sulfide) groups is 1. The molecular formula is C19H21N5O3S3. The number of rotatable bonds is 7. The second-order valence-electron chi connectivity index (χ2n) is 6.34. The van der Waals surface area contributed by atoms with Crippen molar-refractivity contribution >= 4 is 56.7 Å². The van der Waals surface area contributed by atoms with E-state index < -0.39 is 6.09 Å². The summed E-state index contributed by atoms with van der Waals surface area (Å²) in [6.45, 7) is 8.21. The highest BCUT2D eigenvalue weighted by molar-refractivity contribution is 8.01. The van der Waals surface area contributed by atoms with Crippen LogP contribution in [0.2, 0.25) is 0 Å². The van der Waals surface area contributed by atoms with Crippen LogP contribution in [0.5, 0.6) is 0 Å². The molecule has 0 saturated carbocycles. The topological polar surface area (TPSA) is 106 Å². The number of benzene rings is 1. The van der Waals surface area contributed by atoms with Crippen molar-refractivity contribution in [2.45, 2.75) is 32.0 Å². The van der Waals surface area contributed by atoms with Gasteiger partial charge in [-0.05, 0) is 50.5 Å². The maximum atomic E-state index is 12.3. The van der Waals surface area contributed by atoms with E-state index in [-0.39, 0.29) is 18.3 Å². The zero-order valence-corrected chi connectivity index (χ0v) is 19.4. The Morgan fingerprint density at radius 1 is 1.07 bits per heavy atom. The molecule has 0 aliphatic carbocycles. The lowest BCUT2D eigenvalue weighted by Crippen LogP contribution is -2.13. The SMILES string of the molecule is CCOC(=O)Nc1nnc(SCC(=O)Nc2nc(-c3cc(C)c(C)cc3C)cs2)s1. The first-order valence-electron chi connectivity index (χ1n) is 9.09. The van der Waals surface area contributed by atoms with Crippen molar-refractivity contribution in [3.05, 3.63) is 34.2 Å². The fourth-order valence-electron chi connectivity index (χ4n) is 2.55. The highest BCUT2D eigenvalue weighted by Crippen LogP contribution is 2.30. The van der Waals surface area contributed by atoms with E-state index in [1.54, 1.807) is 6.92 Å². The highest BCUT2D eigenvalue weighted by Gasteiger charge is 2.13. The molecule has 0 bridgehead atoms. The van der Waals surface area contributed by atoms with Crippen LogP contribution >= 0.6 is 34.4 Å². The molecule has 0 spiro atoms. The normalized spacial score (nSPS) is 10.7. The second-order valence-corrected chi connectivity index (χ2v) is 9.40. The molecule has 3 rings (SSSR count). The summed E-state index contributed by atoms with van der Waals surface area (Å²) in [4.78, 5) is 28.2. The molecule has 11 heteroatoms. The number of carbonyl (C=O) groups is 2. The summed E-state index contributed by atoms with van der Waals surface area (Å²) in [6, 6.07) is 4.27. The first-order valence-corrected chi connectivity index (χ1v) is 11.8. The summed E-state index contributed by atoms with van der Waals surface area (Å²) in [5.74, 6) is -0.0289. The third-order valence-corrected chi connectivity index (χ3v) is 6.81. The molecule has 0 atom stereocenters. The van der Waals surface area contributed by atoms with E-state index in [4.69, 9.17) is 4.74 Å². The lowest BCUT2D eigenvalue weighted by molar-refractivity contribution is -0.113. The minimum atomic E-state index is -0.582. The van der Waals surface area contributed by atoms with Gasteiger partial charge >= 0.3 is 6.09 Å². The van der Waals surface area contributed by atoms with Gasteiger partial charge in [-0.2, -0.15) is 0 Å². The second kappa shape index (κ2) is 10.0. The van der Waals surface area contributed by atoms with Crippen LogP contribution in [0.4, 0.5) is 15.1 Å². The molecule has 2 aromatic heterocycles. The molecule has 158 valence electrons. The number of hydrogen-bond acceptors (Lipinski definition) is 9. The van der Waals surface area contributed by atoms with Crippen molar-refractivity contribution in [3.63, 3.8) is 0 Å². The molecule has 30 heavy (non-hydrogen) atoms. The standard InChI is InChI=1S/C19H21N5O3S3/c1-5-27-18(26)22-17-23-24-19(30-17)29-9-15(25)21-16-20-14(8-28-16)13-7-11(3)10(2)6-12(13)4/h6-8H,5,9H2,1-4H3,(H,20,21,25)(H,22,23,26). The van der Waals surface area contributed by atoms with Gasteiger partial charge in [0.15, 0.2) is 9.47 Å². The fourth-order valence-corrected chi connectivity index (χ4v) is 4.81. The van der Waals surface area contributed by atoms with Crippen LogP contribution in [-0.4, -0.2) is 39.5 Å². The molecule has 0 fully saturated rings. The van der Waals surface area contributed by atoms with Crippen LogP contribution in [0.1, 0.15) is 23.6 Å². The Morgan fingerprint density at radius 2 is 1.83 bits per heavy atom. The lowest BCUT2D eigenvalue weighted by Gasteiger charge is -2.07. The van der Waals surface area contributed by atoms with Crippen molar-refractivity contribution in [2.24, 2.45) is 0 Å². The Hall–Kier alpha value is -2.50. The number of nitrogens with zero attached hydrogens (tertiary/aromatic N) is 3. The quantitative estimate of drug-likeness (QED) is 0.380. The first kappa shape index (κ1) is 22.2. The van der Waals surface area contributed by atoms with Gasteiger partial charge in [0.25, 0.3) is 0 Å². The van der Waals surface area contributed by atoms with Crippen LogP contribution in [0.15, 0.2) is 21.9 Å². The zero-order valence-electron chi connectivity index (χ0n) is 16.9. The number of ether oxygens (including phenoxy) is 1. The number of hydrogen-bond donors (Lipinski definition) is 2. The van der Waals surface area contributed by atoms with E-state index >= 15 is 0 Å². The third-order valence-electron chi connectivity index (χ3n) is 4.08. The molecule has 0 aliphatic rings. The molecular weight excluding hydrogens is 442 g/mol. The summed E-state index contributed by atoms with van der Waals surface area (Å²) in [5.41, 5.74) is 5.52. The fraction of sp³-hybridized carbons (Fsp3) is 0.316. The van der Waals surface area contributed by atoms with Gasteiger partial charge in [-0.15, -0.1) is 21.5 Å². The minimum Gasteiger partial charge on any atom is -0.450 e. The van der Waals surface area contributed by atoms with Gasteiger partial charge in [-0.25, -0.2) is 9.78 Å². The molecule has 2 heterocycles. The molecule has 8 nitrogen and oxygen atoms in total. The monoisotopic (exact) mass is 463 g/mol. The maximum Gasteiger partial charge on any atom is 0.413 e. The number of anilines is 2. The van der Waals surface area contributed by atoms with Crippen molar-refractivity contribution in [2.75, 3.05) is 23.0 Å². The molecule has 0 unspecified atom stereocenters. The van der Waals surface area contributed by atoms with Crippen LogP contribution in [0, 0.1) is 20.8 Å². The zero-order chi connectivity index (χ0) is 21.7. The Bertz CT molecular complexity index is 1060. The van der Waals surface area contributed by atoms with E-state index in [2.05, 4.69) is 58.7 Å². The summed E-state index contributed by atoms with van der Waals surface area (Å²) in [6.07, 6.45) is -0.582. The number of aromatic nitrogens is 3. The third kappa shape index (κ3) is 5.77. The Balaban J connectivity index is 1.55. The summed E-state index contributed by atoms with van der Waals surface area (Å²) < 4.78 is 5.36. The smallest absolute Gasteiger partial charge is 0.413 e. The van der Waals surface area contributed by atoms with Gasteiger partial charge < -0.3 is 10.1 Å². The first-order chi connectivity index (χ1) is 14.4. The molecule has 1 aromatic carbocycles. The predicted octanol–water partition coefficient (Wildman–Crippen LogP) is 4.89. The van der Waals surface area contributed by atoms with Gasteiger partial charge in [0.05, 0.1) is 18.1 Å². The maximum absolute atomic E-state index is 12.3. The largest absolute Gasteiger partial charge is 0.450 e. The molecule has 3 aromatic rings. The number of amides is 2. The van der Waals surface area contributed by atoms with Crippen LogP contribution in [-0.2, 0) is 9.53 Å². The van der Waals surface area contributed by atoms with Crippen molar-refractivity contribution in [1.82, 2.24) is 15.2 Å². The molecule has 2 N–H and O–H groups in total. The molecule has 0 radical (unpaired) electrons. The average Bonchev–Trinajstić information content (AvgIpc) is 3.33.